The van der Waals surface area contributed by atoms with Crippen molar-refractivity contribution in [2.45, 2.75) is 27.2 Å². The van der Waals surface area contributed by atoms with E-state index >= 15 is 0 Å². The minimum atomic E-state index is -0.158. The number of anilines is 1. The third kappa shape index (κ3) is 3.37. The molecule has 0 bridgehead atoms. The van der Waals surface area contributed by atoms with Crippen LogP contribution in [0.25, 0.3) is 0 Å². The molecule has 1 atom stereocenters. The molecule has 1 aromatic heterocycles. The fourth-order valence-corrected chi connectivity index (χ4v) is 3.68. The van der Waals surface area contributed by atoms with Gasteiger partial charge in [0.05, 0.1) is 5.92 Å². The van der Waals surface area contributed by atoms with Crippen molar-refractivity contribution < 1.29 is 9.59 Å². The minimum Gasteiger partial charge on any atom is -0.368 e. The smallest absolute Gasteiger partial charge is 0.228 e. The monoisotopic (exact) mass is 330 g/mol. The zero-order chi connectivity index (χ0) is 17.3. The lowest BCUT2D eigenvalue weighted by molar-refractivity contribution is -0.136. The predicted octanol–water partition coefficient (Wildman–Crippen LogP) is 1.22. The van der Waals surface area contributed by atoms with Crippen molar-refractivity contribution in [1.82, 2.24) is 14.8 Å². The normalized spacial score (nSPS) is 21.5. The number of nitrogens with zero attached hydrogens (tertiary/aromatic N) is 4. The van der Waals surface area contributed by atoms with Gasteiger partial charge in [0.2, 0.25) is 11.8 Å². The van der Waals surface area contributed by atoms with Crippen molar-refractivity contribution in [3.8, 4) is 0 Å². The standard InChI is InChI=1S/C18H26N4O2/c1-4-20-12-15(11-17(20)23)18(24)22-7-5-21(6-8-22)16-9-13(2)19-14(3)10-16/h9-10,15H,4-8,11-12H2,1-3H3/t15-/m0/s1. The number of aryl methyl sites for hydroxylation is 2. The second kappa shape index (κ2) is 6.79. The van der Waals surface area contributed by atoms with E-state index in [-0.39, 0.29) is 17.7 Å². The maximum Gasteiger partial charge on any atom is 0.228 e. The second-order valence-electron chi connectivity index (χ2n) is 6.75. The molecule has 1 aromatic rings. The van der Waals surface area contributed by atoms with Crippen LogP contribution in [0.5, 0.6) is 0 Å². The number of pyridine rings is 1. The highest BCUT2D eigenvalue weighted by Crippen LogP contribution is 2.22. The van der Waals surface area contributed by atoms with Gasteiger partial charge in [0.15, 0.2) is 0 Å². The van der Waals surface area contributed by atoms with E-state index in [1.54, 1.807) is 4.90 Å². The SMILES string of the molecule is CCN1C[C@@H](C(=O)N2CCN(c3cc(C)nc(C)c3)CC2)CC1=O. The average molecular weight is 330 g/mol. The summed E-state index contributed by atoms with van der Waals surface area (Å²) in [6.45, 7) is 10.3. The molecule has 0 unspecified atom stereocenters. The van der Waals surface area contributed by atoms with Crippen LogP contribution in [-0.2, 0) is 9.59 Å². The van der Waals surface area contributed by atoms with Gasteiger partial charge in [-0.1, -0.05) is 0 Å². The van der Waals surface area contributed by atoms with Crippen LogP contribution in [0.15, 0.2) is 12.1 Å². The highest BCUT2D eigenvalue weighted by Gasteiger charge is 2.36. The summed E-state index contributed by atoms with van der Waals surface area (Å²) in [6.07, 6.45) is 0.371. The molecule has 0 radical (unpaired) electrons. The van der Waals surface area contributed by atoms with E-state index in [1.807, 2.05) is 25.7 Å². The van der Waals surface area contributed by atoms with E-state index in [0.717, 1.165) is 37.6 Å². The Morgan fingerprint density at radius 3 is 2.33 bits per heavy atom. The Labute approximate surface area is 143 Å². The van der Waals surface area contributed by atoms with Crippen LogP contribution >= 0.6 is 0 Å². The van der Waals surface area contributed by atoms with Gasteiger partial charge in [-0.25, -0.2) is 0 Å². The van der Waals surface area contributed by atoms with Crippen molar-refractivity contribution in [3.05, 3.63) is 23.5 Å². The number of carbonyl (C=O) groups is 2. The lowest BCUT2D eigenvalue weighted by atomic mass is 10.1. The summed E-state index contributed by atoms with van der Waals surface area (Å²) in [4.78, 5) is 35.0. The van der Waals surface area contributed by atoms with Gasteiger partial charge in [-0.05, 0) is 32.9 Å². The number of hydrogen-bond acceptors (Lipinski definition) is 4. The molecule has 0 aliphatic carbocycles. The van der Waals surface area contributed by atoms with Gasteiger partial charge < -0.3 is 14.7 Å². The molecular weight excluding hydrogens is 304 g/mol. The Bertz CT molecular complexity index is 618. The summed E-state index contributed by atoms with van der Waals surface area (Å²) in [7, 11) is 0. The van der Waals surface area contributed by atoms with E-state index in [9.17, 15) is 9.59 Å². The zero-order valence-electron chi connectivity index (χ0n) is 14.8. The molecule has 2 amide bonds. The van der Waals surface area contributed by atoms with E-state index < -0.39 is 0 Å². The van der Waals surface area contributed by atoms with Crippen LogP contribution < -0.4 is 4.90 Å². The Balaban J connectivity index is 1.59. The molecule has 3 rings (SSSR count). The van der Waals surface area contributed by atoms with Crippen molar-refractivity contribution >= 4 is 17.5 Å². The largest absolute Gasteiger partial charge is 0.368 e. The zero-order valence-corrected chi connectivity index (χ0v) is 14.8. The Morgan fingerprint density at radius 2 is 1.79 bits per heavy atom. The van der Waals surface area contributed by atoms with Crippen molar-refractivity contribution in [3.63, 3.8) is 0 Å². The summed E-state index contributed by atoms with van der Waals surface area (Å²) < 4.78 is 0. The maximum atomic E-state index is 12.7. The Hall–Kier alpha value is -2.11. The van der Waals surface area contributed by atoms with Gasteiger partial charge in [-0.2, -0.15) is 0 Å². The number of carbonyl (C=O) groups excluding carboxylic acids is 2. The highest BCUT2D eigenvalue weighted by molar-refractivity contribution is 5.89. The summed E-state index contributed by atoms with van der Waals surface area (Å²) in [5.41, 5.74) is 3.22. The predicted molar refractivity (Wildman–Crippen MR) is 92.9 cm³/mol. The number of aromatic nitrogens is 1. The van der Waals surface area contributed by atoms with Gasteiger partial charge in [0, 0.05) is 62.8 Å². The number of likely N-dealkylation sites (tertiary alicyclic amines) is 1. The van der Waals surface area contributed by atoms with Gasteiger partial charge in [0.25, 0.3) is 0 Å². The van der Waals surface area contributed by atoms with Crippen LogP contribution in [0.4, 0.5) is 5.69 Å². The summed E-state index contributed by atoms with van der Waals surface area (Å²) in [6, 6.07) is 4.19. The van der Waals surface area contributed by atoms with E-state index in [1.165, 1.54) is 5.69 Å². The first-order valence-electron chi connectivity index (χ1n) is 8.74. The molecule has 6 heteroatoms. The number of rotatable bonds is 3. The maximum absolute atomic E-state index is 12.7. The van der Waals surface area contributed by atoms with Crippen LogP contribution in [0, 0.1) is 19.8 Å². The summed E-state index contributed by atoms with van der Waals surface area (Å²) in [5.74, 6) is 0.0904. The first-order valence-corrected chi connectivity index (χ1v) is 8.74. The topological polar surface area (TPSA) is 56.8 Å². The molecule has 24 heavy (non-hydrogen) atoms. The quantitative estimate of drug-likeness (QED) is 0.836. The fraction of sp³-hybridized carbons (Fsp3) is 0.611. The third-order valence-electron chi connectivity index (χ3n) is 4.97. The Morgan fingerprint density at radius 1 is 1.17 bits per heavy atom. The number of amides is 2. The molecule has 0 aromatic carbocycles. The third-order valence-corrected chi connectivity index (χ3v) is 4.97. The minimum absolute atomic E-state index is 0.109. The molecular formula is C18H26N4O2. The summed E-state index contributed by atoms with van der Waals surface area (Å²) >= 11 is 0. The number of piperazine rings is 1. The molecule has 130 valence electrons. The van der Waals surface area contributed by atoms with Crippen LogP contribution in [-0.4, -0.2) is 65.9 Å². The van der Waals surface area contributed by atoms with Crippen LogP contribution in [0.3, 0.4) is 0 Å². The lowest BCUT2D eigenvalue weighted by Crippen LogP contribution is -2.50. The summed E-state index contributed by atoms with van der Waals surface area (Å²) in [5, 5.41) is 0. The van der Waals surface area contributed by atoms with Crippen LogP contribution in [0.1, 0.15) is 24.7 Å². The van der Waals surface area contributed by atoms with Crippen molar-refractivity contribution in [2.24, 2.45) is 5.92 Å². The highest BCUT2D eigenvalue weighted by atomic mass is 16.2. The molecule has 3 heterocycles. The average Bonchev–Trinajstić information content (AvgIpc) is 2.94. The number of hydrogen-bond donors (Lipinski definition) is 0. The van der Waals surface area contributed by atoms with Crippen LogP contribution in [0.2, 0.25) is 0 Å². The molecule has 0 saturated carbocycles. The van der Waals surface area contributed by atoms with Gasteiger partial charge in [-0.3, -0.25) is 14.6 Å². The second-order valence-corrected chi connectivity index (χ2v) is 6.75. The van der Waals surface area contributed by atoms with Crippen molar-refractivity contribution in [2.75, 3.05) is 44.2 Å². The fourth-order valence-electron chi connectivity index (χ4n) is 3.68. The molecule has 2 saturated heterocycles. The van der Waals surface area contributed by atoms with E-state index in [4.69, 9.17) is 0 Å². The molecule has 2 aliphatic rings. The van der Waals surface area contributed by atoms with Gasteiger partial charge >= 0.3 is 0 Å². The molecule has 2 fully saturated rings. The lowest BCUT2D eigenvalue weighted by Gasteiger charge is -2.37. The molecule has 6 nitrogen and oxygen atoms in total. The van der Waals surface area contributed by atoms with Gasteiger partial charge in [-0.15, -0.1) is 0 Å². The Kier molecular flexibility index (Phi) is 4.73. The molecule has 2 aliphatic heterocycles. The van der Waals surface area contributed by atoms with Gasteiger partial charge in [0.1, 0.15) is 0 Å². The van der Waals surface area contributed by atoms with Crippen molar-refractivity contribution in [1.29, 1.82) is 0 Å². The van der Waals surface area contributed by atoms with E-state index in [2.05, 4.69) is 22.0 Å². The molecule has 0 spiro atoms. The first kappa shape index (κ1) is 16.7. The molecule has 0 N–H and O–H groups in total. The first-order chi connectivity index (χ1) is 11.5. The van der Waals surface area contributed by atoms with E-state index in [0.29, 0.717) is 19.5 Å².